The molecule has 0 unspecified atom stereocenters. The first kappa shape index (κ1) is 8.44. The summed E-state index contributed by atoms with van der Waals surface area (Å²) < 4.78 is 2.81. The number of carbonyl (C=O) groups is 1. The topological polar surface area (TPSA) is 34.9 Å². The van der Waals surface area contributed by atoms with Crippen LogP contribution >= 0.6 is 15.9 Å². The number of hydrogen-bond acceptors (Lipinski definition) is 2. The van der Waals surface area contributed by atoms with Crippen LogP contribution in [-0.2, 0) is 11.3 Å². The van der Waals surface area contributed by atoms with E-state index in [1.54, 1.807) is 6.33 Å². The fourth-order valence-corrected chi connectivity index (χ4v) is 1.60. The number of carbonyl (C=O) groups excluding carboxylic acids is 1. The van der Waals surface area contributed by atoms with Gasteiger partial charge in [0.25, 0.3) is 0 Å². The third kappa shape index (κ3) is 1.49. The normalized spacial score (nSPS) is 10.5. The molecule has 0 N–H and O–H groups in total. The van der Waals surface area contributed by atoms with Crippen LogP contribution in [0.3, 0.4) is 0 Å². The van der Waals surface area contributed by atoms with Crippen molar-refractivity contribution >= 4 is 33.2 Å². The van der Waals surface area contributed by atoms with Gasteiger partial charge in [0.05, 0.1) is 23.9 Å². The number of rotatable bonds is 2. The van der Waals surface area contributed by atoms with Gasteiger partial charge in [0, 0.05) is 4.47 Å². The van der Waals surface area contributed by atoms with Crippen molar-refractivity contribution in [3.05, 3.63) is 29.0 Å². The average molecular weight is 239 g/mol. The van der Waals surface area contributed by atoms with Gasteiger partial charge in [-0.2, -0.15) is 0 Å². The molecule has 0 amide bonds. The molecule has 0 aliphatic rings. The molecule has 1 aromatic heterocycles. The molecule has 3 nitrogen and oxygen atoms in total. The molecule has 2 aromatic rings. The van der Waals surface area contributed by atoms with Crippen molar-refractivity contribution < 1.29 is 4.79 Å². The van der Waals surface area contributed by atoms with E-state index in [9.17, 15) is 4.79 Å². The lowest BCUT2D eigenvalue weighted by molar-refractivity contribution is -0.108. The Kier molecular flexibility index (Phi) is 2.14. The van der Waals surface area contributed by atoms with Gasteiger partial charge in [0.1, 0.15) is 6.29 Å². The van der Waals surface area contributed by atoms with E-state index in [1.165, 1.54) is 0 Å². The Morgan fingerprint density at radius 1 is 1.54 bits per heavy atom. The van der Waals surface area contributed by atoms with Crippen LogP contribution < -0.4 is 0 Å². The predicted molar refractivity (Wildman–Crippen MR) is 53.5 cm³/mol. The first-order valence-electron chi connectivity index (χ1n) is 3.85. The smallest absolute Gasteiger partial charge is 0.139 e. The van der Waals surface area contributed by atoms with Crippen molar-refractivity contribution in [3.8, 4) is 0 Å². The lowest BCUT2D eigenvalue weighted by atomic mass is 10.3. The number of aldehydes is 1. The summed E-state index contributed by atoms with van der Waals surface area (Å²) in [5, 5.41) is 0. The van der Waals surface area contributed by atoms with Gasteiger partial charge in [-0.25, -0.2) is 4.98 Å². The highest BCUT2D eigenvalue weighted by molar-refractivity contribution is 9.10. The van der Waals surface area contributed by atoms with E-state index in [2.05, 4.69) is 20.9 Å². The predicted octanol–water partition coefficient (Wildman–Crippen LogP) is 2.00. The maximum absolute atomic E-state index is 10.3. The van der Waals surface area contributed by atoms with Crippen LogP contribution in [0, 0.1) is 0 Å². The summed E-state index contributed by atoms with van der Waals surface area (Å²) >= 11 is 3.37. The van der Waals surface area contributed by atoms with Crippen molar-refractivity contribution in [2.24, 2.45) is 0 Å². The second kappa shape index (κ2) is 3.30. The highest BCUT2D eigenvalue weighted by Gasteiger charge is 2.01. The summed E-state index contributed by atoms with van der Waals surface area (Å²) in [5.74, 6) is 0. The Labute approximate surface area is 83.5 Å². The second-order valence-corrected chi connectivity index (χ2v) is 3.61. The van der Waals surface area contributed by atoms with Gasteiger partial charge in [-0.1, -0.05) is 15.9 Å². The van der Waals surface area contributed by atoms with E-state index in [4.69, 9.17) is 0 Å². The summed E-state index contributed by atoms with van der Waals surface area (Å²) in [6.07, 6.45) is 2.54. The van der Waals surface area contributed by atoms with Crippen molar-refractivity contribution in [2.45, 2.75) is 6.54 Å². The maximum Gasteiger partial charge on any atom is 0.139 e. The largest absolute Gasteiger partial charge is 0.323 e. The molecule has 13 heavy (non-hydrogen) atoms. The van der Waals surface area contributed by atoms with Crippen LogP contribution in [0.1, 0.15) is 0 Å². The molecule has 1 heterocycles. The molecular formula is C9H7BrN2O. The van der Waals surface area contributed by atoms with Gasteiger partial charge in [-0.3, -0.25) is 0 Å². The van der Waals surface area contributed by atoms with Gasteiger partial charge in [0.2, 0.25) is 0 Å². The van der Waals surface area contributed by atoms with E-state index >= 15 is 0 Å². The van der Waals surface area contributed by atoms with Crippen LogP contribution in [0.2, 0.25) is 0 Å². The number of halogens is 1. The molecule has 0 saturated carbocycles. The van der Waals surface area contributed by atoms with E-state index in [0.29, 0.717) is 6.54 Å². The second-order valence-electron chi connectivity index (χ2n) is 2.70. The fourth-order valence-electron chi connectivity index (χ4n) is 1.26. The lowest BCUT2D eigenvalue weighted by Gasteiger charge is -1.97. The third-order valence-electron chi connectivity index (χ3n) is 1.85. The van der Waals surface area contributed by atoms with E-state index in [1.807, 2.05) is 22.8 Å². The molecular weight excluding hydrogens is 232 g/mol. The van der Waals surface area contributed by atoms with Gasteiger partial charge >= 0.3 is 0 Å². The molecule has 0 bridgehead atoms. The molecule has 2 rings (SSSR count). The molecule has 0 radical (unpaired) electrons. The first-order valence-corrected chi connectivity index (χ1v) is 4.64. The molecule has 0 fully saturated rings. The summed E-state index contributed by atoms with van der Waals surface area (Å²) in [5.41, 5.74) is 1.88. The number of benzene rings is 1. The van der Waals surface area contributed by atoms with Gasteiger partial charge in [-0.05, 0) is 18.2 Å². The Morgan fingerprint density at radius 2 is 2.38 bits per heavy atom. The Hall–Kier alpha value is -1.16. The first-order chi connectivity index (χ1) is 6.31. The molecule has 1 aromatic carbocycles. The Bertz CT molecular complexity index is 450. The summed E-state index contributed by atoms with van der Waals surface area (Å²) in [7, 11) is 0. The monoisotopic (exact) mass is 238 g/mol. The minimum Gasteiger partial charge on any atom is -0.323 e. The Morgan fingerprint density at radius 3 is 3.15 bits per heavy atom. The zero-order valence-corrected chi connectivity index (χ0v) is 8.36. The van der Waals surface area contributed by atoms with Crippen molar-refractivity contribution in [2.75, 3.05) is 0 Å². The number of hydrogen-bond donors (Lipinski definition) is 0. The fraction of sp³-hybridized carbons (Fsp3) is 0.111. The number of imidazole rings is 1. The SMILES string of the molecule is O=CCn1cnc2ccc(Br)cc21. The van der Waals surface area contributed by atoms with Gasteiger partial charge in [-0.15, -0.1) is 0 Å². The van der Waals surface area contributed by atoms with Crippen LogP contribution in [-0.4, -0.2) is 15.8 Å². The van der Waals surface area contributed by atoms with E-state index in [-0.39, 0.29) is 0 Å². The molecule has 0 aliphatic carbocycles. The summed E-state index contributed by atoms with van der Waals surface area (Å²) in [6.45, 7) is 0.354. The van der Waals surface area contributed by atoms with Crippen LogP contribution in [0.5, 0.6) is 0 Å². The minimum atomic E-state index is 0.354. The van der Waals surface area contributed by atoms with Crippen molar-refractivity contribution in [1.29, 1.82) is 0 Å². The molecule has 0 atom stereocenters. The minimum absolute atomic E-state index is 0.354. The maximum atomic E-state index is 10.3. The van der Waals surface area contributed by atoms with Crippen LogP contribution in [0.4, 0.5) is 0 Å². The zero-order valence-electron chi connectivity index (χ0n) is 6.77. The highest BCUT2D eigenvalue weighted by Crippen LogP contribution is 2.18. The summed E-state index contributed by atoms with van der Waals surface area (Å²) in [6, 6.07) is 5.80. The summed E-state index contributed by atoms with van der Waals surface area (Å²) in [4.78, 5) is 14.5. The van der Waals surface area contributed by atoms with Gasteiger partial charge in [0.15, 0.2) is 0 Å². The third-order valence-corrected chi connectivity index (χ3v) is 2.35. The molecule has 66 valence electrons. The number of fused-ring (bicyclic) bond motifs is 1. The molecule has 0 spiro atoms. The lowest BCUT2D eigenvalue weighted by Crippen LogP contribution is -1.95. The van der Waals surface area contributed by atoms with Crippen molar-refractivity contribution in [3.63, 3.8) is 0 Å². The van der Waals surface area contributed by atoms with Crippen LogP contribution in [0.25, 0.3) is 11.0 Å². The van der Waals surface area contributed by atoms with Crippen molar-refractivity contribution in [1.82, 2.24) is 9.55 Å². The number of nitrogens with zero attached hydrogens (tertiary/aromatic N) is 2. The molecule has 0 aliphatic heterocycles. The van der Waals surface area contributed by atoms with Gasteiger partial charge < -0.3 is 9.36 Å². The Balaban J connectivity index is 2.64. The van der Waals surface area contributed by atoms with Crippen LogP contribution in [0.15, 0.2) is 29.0 Å². The highest BCUT2D eigenvalue weighted by atomic mass is 79.9. The number of aromatic nitrogens is 2. The average Bonchev–Trinajstić information content (AvgIpc) is 2.49. The molecule has 0 saturated heterocycles. The van der Waals surface area contributed by atoms with E-state index in [0.717, 1.165) is 21.8 Å². The zero-order chi connectivity index (χ0) is 9.26. The standard InChI is InChI=1S/C9H7BrN2O/c10-7-1-2-8-9(5-7)12(3-4-13)6-11-8/h1-2,4-6H,3H2. The van der Waals surface area contributed by atoms with E-state index < -0.39 is 0 Å². The molecule has 4 heteroatoms. The quantitative estimate of drug-likeness (QED) is 0.751.